The first-order valence-electron chi connectivity index (χ1n) is 7.29. The van der Waals surface area contributed by atoms with Gasteiger partial charge in [-0.2, -0.15) is 0 Å². The van der Waals surface area contributed by atoms with Gasteiger partial charge >= 0.3 is 0 Å². The minimum absolute atomic E-state index is 0.143. The van der Waals surface area contributed by atoms with E-state index in [0.717, 1.165) is 21.9 Å². The number of aryl methyl sites for hydroxylation is 1. The third-order valence-corrected chi connectivity index (χ3v) is 4.53. The molecular formula is C18H21NO3S. The Balaban J connectivity index is 2.09. The molecule has 4 nitrogen and oxygen atoms in total. The summed E-state index contributed by atoms with van der Waals surface area (Å²) in [5.74, 6) is 1.30. The average Bonchev–Trinajstić information content (AvgIpc) is 2.97. The van der Waals surface area contributed by atoms with Crippen molar-refractivity contribution < 1.29 is 14.3 Å². The van der Waals surface area contributed by atoms with E-state index in [1.807, 2.05) is 49.6 Å². The third-order valence-electron chi connectivity index (χ3n) is 3.55. The molecular weight excluding hydrogens is 310 g/mol. The van der Waals surface area contributed by atoms with E-state index in [-0.39, 0.29) is 11.9 Å². The summed E-state index contributed by atoms with van der Waals surface area (Å²) in [7, 11) is 3.22. The molecule has 0 unspecified atom stereocenters. The molecule has 2 rings (SSSR count). The van der Waals surface area contributed by atoms with Gasteiger partial charge in [0, 0.05) is 16.5 Å². The summed E-state index contributed by atoms with van der Waals surface area (Å²) >= 11 is 1.61. The van der Waals surface area contributed by atoms with Crippen LogP contribution >= 0.6 is 11.3 Å². The van der Waals surface area contributed by atoms with Crippen molar-refractivity contribution in [2.45, 2.75) is 19.9 Å². The second-order valence-corrected chi connectivity index (χ2v) is 6.09. The number of methoxy groups -OCH3 is 2. The molecule has 0 saturated heterocycles. The lowest BCUT2D eigenvalue weighted by molar-refractivity contribution is -0.117. The number of thiophene rings is 1. The zero-order valence-corrected chi connectivity index (χ0v) is 14.6. The Kier molecular flexibility index (Phi) is 5.82. The van der Waals surface area contributed by atoms with Crippen LogP contribution in [-0.4, -0.2) is 20.1 Å². The Morgan fingerprint density at radius 2 is 2.04 bits per heavy atom. The van der Waals surface area contributed by atoms with Gasteiger partial charge in [0.2, 0.25) is 5.91 Å². The van der Waals surface area contributed by atoms with Crippen LogP contribution in [0, 0.1) is 6.92 Å². The van der Waals surface area contributed by atoms with Crippen molar-refractivity contribution in [2.24, 2.45) is 0 Å². The molecule has 1 N–H and O–H groups in total. The molecule has 1 aromatic heterocycles. The van der Waals surface area contributed by atoms with Gasteiger partial charge in [-0.3, -0.25) is 4.79 Å². The van der Waals surface area contributed by atoms with Gasteiger partial charge in [0.1, 0.15) is 11.5 Å². The third kappa shape index (κ3) is 4.36. The van der Waals surface area contributed by atoms with Crippen molar-refractivity contribution in [3.63, 3.8) is 0 Å². The Bertz CT molecular complexity index is 706. The van der Waals surface area contributed by atoms with Gasteiger partial charge in [0.25, 0.3) is 0 Å². The van der Waals surface area contributed by atoms with Crippen molar-refractivity contribution in [1.29, 1.82) is 0 Å². The van der Waals surface area contributed by atoms with E-state index in [9.17, 15) is 4.79 Å². The summed E-state index contributed by atoms with van der Waals surface area (Å²) in [6, 6.07) is 7.38. The number of rotatable bonds is 6. The second-order valence-electron chi connectivity index (χ2n) is 5.14. The first-order valence-corrected chi connectivity index (χ1v) is 8.17. The molecule has 0 aliphatic carbocycles. The molecule has 0 fully saturated rings. The summed E-state index contributed by atoms with van der Waals surface area (Å²) in [5.41, 5.74) is 2.04. The second kappa shape index (κ2) is 7.83. The molecule has 2 aromatic rings. The normalized spacial score (nSPS) is 12.2. The Morgan fingerprint density at radius 1 is 1.26 bits per heavy atom. The van der Waals surface area contributed by atoms with Gasteiger partial charge < -0.3 is 14.8 Å². The first-order chi connectivity index (χ1) is 11.0. The standard InChI is InChI=1S/C18H21NO3S/c1-12-9-10-23-17(12)7-8-18(20)19-13(2)15-11-14(21-3)5-6-16(15)22-4/h5-11,13H,1-4H3,(H,19,20)/b8-7+/t13-/m0/s1. The van der Waals surface area contributed by atoms with Crippen molar-refractivity contribution >= 4 is 23.3 Å². The molecule has 122 valence electrons. The molecule has 1 heterocycles. The molecule has 0 saturated carbocycles. The van der Waals surface area contributed by atoms with Crippen LogP contribution in [0.25, 0.3) is 6.08 Å². The van der Waals surface area contributed by atoms with Crippen LogP contribution in [0.5, 0.6) is 11.5 Å². The fraction of sp³-hybridized carbons (Fsp3) is 0.278. The van der Waals surface area contributed by atoms with Gasteiger partial charge in [-0.25, -0.2) is 0 Å². The van der Waals surface area contributed by atoms with E-state index in [0.29, 0.717) is 0 Å². The number of amides is 1. The molecule has 0 bridgehead atoms. The summed E-state index contributed by atoms with van der Waals surface area (Å²) in [6.07, 6.45) is 3.40. The minimum atomic E-state index is -0.193. The quantitative estimate of drug-likeness (QED) is 0.815. The molecule has 1 aromatic carbocycles. The fourth-order valence-electron chi connectivity index (χ4n) is 2.22. The maximum Gasteiger partial charge on any atom is 0.244 e. The molecule has 0 radical (unpaired) electrons. The number of nitrogens with one attached hydrogen (secondary N) is 1. The predicted molar refractivity (Wildman–Crippen MR) is 94.2 cm³/mol. The molecule has 1 atom stereocenters. The number of hydrogen-bond donors (Lipinski definition) is 1. The molecule has 23 heavy (non-hydrogen) atoms. The van der Waals surface area contributed by atoms with E-state index in [1.54, 1.807) is 31.6 Å². The summed E-state index contributed by atoms with van der Waals surface area (Å²) < 4.78 is 10.6. The number of hydrogen-bond acceptors (Lipinski definition) is 4. The van der Waals surface area contributed by atoms with Crippen LogP contribution in [0.4, 0.5) is 0 Å². The van der Waals surface area contributed by atoms with Gasteiger partial charge in [-0.1, -0.05) is 0 Å². The highest BCUT2D eigenvalue weighted by molar-refractivity contribution is 7.11. The van der Waals surface area contributed by atoms with E-state index >= 15 is 0 Å². The lowest BCUT2D eigenvalue weighted by Crippen LogP contribution is -2.25. The summed E-state index contributed by atoms with van der Waals surface area (Å²) in [6.45, 7) is 3.94. The predicted octanol–water partition coefficient (Wildman–Crippen LogP) is 3.96. The highest BCUT2D eigenvalue weighted by Gasteiger charge is 2.14. The van der Waals surface area contributed by atoms with Crippen LogP contribution in [-0.2, 0) is 4.79 Å². The zero-order valence-electron chi connectivity index (χ0n) is 13.8. The average molecular weight is 331 g/mol. The summed E-state index contributed by atoms with van der Waals surface area (Å²) in [4.78, 5) is 13.2. The number of carbonyl (C=O) groups excluding carboxylic acids is 1. The van der Waals surface area contributed by atoms with Crippen molar-refractivity contribution in [1.82, 2.24) is 5.32 Å². The van der Waals surface area contributed by atoms with Crippen LogP contribution in [0.3, 0.4) is 0 Å². The number of ether oxygens (including phenoxy) is 2. The first kappa shape index (κ1) is 17.1. The number of carbonyl (C=O) groups is 1. The molecule has 0 aliphatic rings. The zero-order chi connectivity index (χ0) is 16.8. The van der Waals surface area contributed by atoms with Crippen molar-refractivity contribution in [3.8, 4) is 11.5 Å². The highest BCUT2D eigenvalue weighted by Crippen LogP contribution is 2.29. The maximum absolute atomic E-state index is 12.1. The van der Waals surface area contributed by atoms with Crippen LogP contribution < -0.4 is 14.8 Å². The monoisotopic (exact) mass is 331 g/mol. The Hall–Kier alpha value is -2.27. The number of benzene rings is 1. The lowest BCUT2D eigenvalue weighted by Gasteiger charge is -2.17. The van der Waals surface area contributed by atoms with Crippen molar-refractivity contribution in [2.75, 3.05) is 14.2 Å². The molecule has 0 aliphatic heterocycles. The van der Waals surface area contributed by atoms with Gasteiger partial charge in [0.05, 0.1) is 20.3 Å². The smallest absolute Gasteiger partial charge is 0.244 e. The lowest BCUT2D eigenvalue weighted by atomic mass is 10.1. The van der Waals surface area contributed by atoms with Gasteiger partial charge in [-0.05, 0) is 55.1 Å². The highest BCUT2D eigenvalue weighted by atomic mass is 32.1. The largest absolute Gasteiger partial charge is 0.497 e. The van der Waals surface area contributed by atoms with Crippen molar-refractivity contribution in [3.05, 3.63) is 51.7 Å². The van der Waals surface area contributed by atoms with E-state index in [2.05, 4.69) is 5.32 Å². The Morgan fingerprint density at radius 3 is 2.65 bits per heavy atom. The fourth-order valence-corrected chi connectivity index (χ4v) is 3.04. The van der Waals surface area contributed by atoms with Gasteiger partial charge in [-0.15, -0.1) is 11.3 Å². The SMILES string of the molecule is COc1ccc(OC)c([C@H](C)NC(=O)/C=C/c2sccc2C)c1. The van der Waals surface area contributed by atoms with Gasteiger partial charge in [0.15, 0.2) is 0 Å². The molecule has 5 heteroatoms. The topological polar surface area (TPSA) is 47.6 Å². The minimum Gasteiger partial charge on any atom is -0.497 e. The Labute approximate surface area is 140 Å². The van der Waals surface area contributed by atoms with Crippen LogP contribution in [0.15, 0.2) is 35.7 Å². The van der Waals surface area contributed by atoms with E-state index in [4.69, 9.17) is 9.47 Å². The van der Waals surface area contributed by atoms with E-state index < -0.39 is 0 Å². The maximum atomic E-state index is 12.1. The van der Waals surface area contributed by atoms with E-state index in [1.165, 1.54) is 5.56 Å². The van der Waals surface area contributed by atoms with Crippen LogP contribution in [0.2, 0.25) is 0 Å². The summed E-state index contributed by atoms with van der Waals surface area (Å²) in [5, 5.41) is 4.96. The molecule has 0 spiro atoms. The van der Waals surface area contributed by atoms with Crippen LogP contribution in [0.1, 0.15) is 29.0 Å². The molecule has 1 amide bonds.